The summed E-state index contributed by atoms with van der Waals surface area (Å²) in [7, 11) is -2.49. The lowest BCUT2D eigenvalue weighted by molar-refractivity contribution is 0.0600. The average Bonchev–Trinajstić information content (AvgIpc) is 2.69. The van der Waals surface area contributed by atoms with E-state index in [4.69, 9.17) is 9.05 Å². The Morgan fingerprint density at radius 2 is 1.26 bits per heavy atom. The van der Waals surface area contributed by atoms with E-state index in [0.717, 1.165) is 0 Å². The molecule has 0 unspecified atom stereocenters. The number of carbonyl (C=O) groups excluding carboxylic acids is 1. The fraction of sp³-hybridized carbons (Fsp3) is 0.0500. The zero-order chi connectivity index (χ0) is 19.1. The molecule has 3 aromatic carbocycles. The molecule has 0 aliphatic rings. The van der Waals surface area contributed by atoms with Crippen LogP contribution in [0.2, 0.25) is 0 Å². The molecule has 0 saturated heterocycles. The highest BCUT2D eigenvalue weighted by atomic mass is 31.2. The van der Waals surface area contributed by atoms with Crippen molar-refractivity contribution >= 4 is 19.4 Å². The number of hydrogen-bond acceptors (Lipinski definition) is 5. The largest absolute Gasteiger partial charge is 0.541 e. The first-order chi connectivity index (χ1) is 13.1. The Morgan fingerprint density at radius 1 is 0.778 bits per heavy atom. The van der Waals surface area contributed by atoms with Crippen molar-refractivity contribution in [3.63, 3.8) is 0 Å². The number of hydrogen-bond donors (Lipinski definition) is 1. The van der Waals surface area contributed by atoms with Crippen molar-refractivity contribution < 1.29 is 23.1 Å². The standard InChI is InChI=1S/C20H18NO5P/c1-24-20(22)16-12-14-17(15-13-16)21-27(23,25-18-8-4-2-5-9-18)26-19-10-6-3-7-11-19/h2-15H,1H3,(H,21,23). The Labute approximate surface area is 157 Å². The molecule has 27 heavy (non-hydrogen) atoms. The van der Waals surface area contributed by atoms with Gasteiger partial charge in [0.25, 0.3) is 0 Å². The Hall–Kier alpha value is -3.24. The molecule has 3 rings (SSSR count). The van der Waals surface area contributed by atoms with Crippen LogP contribution in [0.4, 0.5) is 5.69 Å². The molecule has 0 aliphatic carbocycles. The lowest BCUT2D eigenvalue weighted by atomic mass is 10.2. The number of rotatable bonds is 7. The van der Waals surface area contributed by atoms with Crippen molar-refractivity contribution in [3.8, 4) is 11.5 Å². The maximum Gasteiger partial charge on any atom is 0.541 e. The van der Waals surface area contributed by atoms with E-state index < -0.39 is 13.7 Å². The molecule has 0 fully saturated rings. The number of nitrogens with one attached hydrogen (secondary N) is 1. The number of ether oxygens (including phenoxy) is 1. The summed E-state index contributed by atoms with van der Waals surface area (Å²) in [6.07, 6.45) is 0. The average molecular weight is 383 g/mol. The van der Waals surface area contributed by atoms with Gasteiger partial charge < -0.3 is 13.8 Å². The zero-order valence-electron chi connectivity index (χ0n) is 14.6. The molecule has 3 aromatic rings. The van der Waals surface area contributed by atoms with Crippen LogP contribution in [0.25, 0.3) is 0 Å². The van der Waals surface area contributed by atoms with E-state index in [1.807, 2.05) is 12.1 Å². The van der Waals surface area contributed by atoms with Crippen molar-refractivity contribution in [2.24, 2.45) is 0 Å². The second-order valence-corrected chi connectivity index (χ2v) is 7.07. The molecule has 7 heteroatoms. The smallest absolute Gasteiger partial charge is 0.465 e. The van der Waals surface area contributed by atoms with Gasteiger partial charge in [0.05, 0.1) is 12.7 Å². The summed E-state index contributed by atoms with van der Waals surface area (Å²) in [4.78, 5) is 11.5. The van der Waals surface area contributed by atoms with Crippen LogP contribution >= 0.6 is 7.75 Å². The van der Waals surface area contributed by atoms with Crippen molar-refractivity contribution in [1.82, 2.24) is 0 Å². The third kappa shape index (κ3) is 5.12. The van der Waals surface area contributed by atoms with E-state index in [1.165, 1.54) is 7.11 Å². The monoisotopic (exact) mass is 383 g/mol. The minimum atomic E-state index is -3.80. The second-order valence-electron chi connectivity index (χ2n) is 5.49. The summed E-state index contributed by atoms with van der Waals surface area (Å²) in [6, 6.07) is 23.8. The van der Waals surface area contributed by atoms with E-state index in [2.05, 4.69) is 9.82 Å². The lowest BCUT2D eigenvalue weighted by Crippen LogP contribution is -2.10. The first-order valence-electron chi connectivity index (χ1n) is 8.14. The minimum absolute atomic E-state index is 0.380. The Bertz CT molecular complexity index is 884. The maximum absolute atomic E-state index is 13.3. The fourth-order valence-electron chi connectivity index (χ4n) is 2.26. The SMILES string of the molecule is COC(=O)c1ccc(NP(=O)(Oc2ccccc2)Oc2ccccc2)cc1. The maximum atomic E-state index is 13.3. The van der Waals surface area contributed by atoms with Gasteiger partial charge in [0, 0.05) is 5.69 Å². The topological polar surface area (TPSA) is 73.9 Å². The van der Waals surface area contributed by atoms with Gasteiger partial charge in [0.2, 0.25) is 0 Å². The number of para-hydroxylation sites is 2. The summed E-state index contributed by atoms with van der Waals surface area (Å²) >= 11 is 0. The van der Waals surface area contributed by atoms with E-state index in [0.29, 0.717) is 22.7 Å². The number of esters is 1. The van der Waals surface area contributed by atoms with Crippen LogP contribution < -0.4 is 14.1 Å². The zero-order valence-corrected chi connectivity index (χ0v) is 15.5. The molecule has 0 aromatic heterocycles. The van der Waals surface area contributed by atoms with Crippen LogP contribution in [0.3, 0.4) is 0 Å². The number of carbonyl (C=O) groups is 1. The van der Waals surface area contributed by atoms with Gasteiger partial charge in [0.15, 0.2) is 0 Å². The highest BCUT2D eigenvalue weighted by Crippen LogP contribution is 2.48. The number of methoxy groups -OCH3 is 1. The van der Waals surface area contributed by atoms with Gasteiger partial charge in [0.1, 0.15) is 11.5 Å². The Morgan fingerprint density at radius 3 is 1.70 bits per heavy atom. The fourth-order valence-corrected chi connectivity index (χ4v) is 3.65. The molecule has 1 N–H and O–H groups in total. The molecule has 0 radical (unpaired) electrons. The molecule has 0 spiro atoms. The van der Waals surface area contributed by atoms with E-state index in [9.17, 15) is 9.36 Å². The van der Waals surface area contributed by atoms with Gasteiger partial charge in [-0.3, -0.25) is 5.09 Å². The Kier molecular flexibility index (Phi) is 5.79. The third-order valence-corrected chi connectivity index (χ3v) is 4.94. The van der Waals surface area contributed by atoms with Crippen molar-refractivity contribution in [2.75, 3.05) is 12.2 Å². The molecule has 6 nitrogen and oxygen atoms in total. The summed E-state index contributed by atoms with van der Waals surface area (Å²) < 4.78 is 29.3. The van der Waals surface area contributed by atoms with Crippen molar-refractivity contribution in [1.29, 1.82) is 0 Å². The van der Waals surface area contributed by atoms with Crippen LogP contribution in [-0.4, -0.2) is 13.1 Å². The van der Waals surface area contributed by atoms with E-state index in [1.54, 1.807) is 72.8 Å². The highest BCUT2D eigenvalue weighted by Gasteiger charge is 2.29. The molecule has 0 atom stereocenters. The van der Waals surface area contributed by atoms with Crippen molar-refractivity contribution in [3.05, 3.63) is 90.5 Å². The Balaban J connectivity index is 1.85. The van der Waals surface area contributed by atoms with Gasteiger partial charge in [-0.05, 0) is 48.5 Å². The van der Waals surface area contributed by atoms with Gasteiger partial charge in [-0.1, -0.05) is 36.4 Å². The molecule has 138 valence electrons. The predicted molar refractivity (Wildman–Crippen MR) is 103 cm³/mol. The molecule has 0 aliphatic heterocycles. The van der Waals surface area contributed by atoms with Crippen LogP contribution in [0, 0.1) is 0 Å². The van der Waals surface area contributed by atoms with Crippen molar-refractivity contribution in [2.45, 2.75) is 0 Å². The summed E-state index contributed by atoms with van der Waals surface area (Å²) in [5.74, 6) is 0.344. The van der Waals surface area contributed by atoms with Crippen LogP contribution in [0.1, 0.15) is 10.4 Å². The highest BCUT2D eigenvalue weighted by molar-refractivity contribution is 7.56. The quantitative estimate of drug-likeness (QED) is 0.449. The molecular formula is C20H18NO5P. The molecule has 0 heterocycles. The number of anilines is 1. The van der Waals surface area contributed by atoms with Crippen LogP contribution in [-0.2, 0) is 9.30 Å². The minimum Gasteiger partial charge on any atom is -0.465 e. The summed E-state index contributed by atoms with van der Waals surface area (Å²) in [5.41, 5.74) is 0.851. The molecular weight excluding hydrogens is 365 g/mol. The van der Waals surface area contributed by atoms with E-state index >= 15 is 0 Å². The van der Waals surface area contributed by atoms with Gasteiger partial charge in [-0.2, -0.15) is 0 Å². The van der Waals surface area contributed by atoms with Gasteiger partial charge >= 0.3 is 13.7 Å². The first-order valence-corrected chi connectivity index (χ1v) is 9.68. The summed E-state index contributed by atoms with van der Waals surface area (Å²) in [6.45, 7) is 0. The lowest BCUT2D eigenvalue weighted by Gasteiger charge is -2.21. The van der Waals surface area contributed by atoms with E-state index in [-0.39, 0.29) is 0 Å². The normalized spacial score (nSPS) is 10.7. The van der Waals surface area contributed by atoms with Crippen LogP contribution in [0.5, 0.6) is 11.5 Å². The number of benzene rings is 3. The molecule has 0 bridgehead atoms. The third-order valence-electron chi connectivity index (χ3n) is 3.51. The van der Waals surface area contributed by atoms with Crippen LogP contribution in [0.15, 0.2) is 84.9 Å². The van der Waals surface area contributed by atoms with Gasteiger partial charge in [-0.15, -0.1) is 0 Å². The second kappa shape index (κ2) is 8.43. The molecule has 0 saturated carbocycles. The summed E-state index contributed by atoms with van der Waals surface area (Å²) in [5, 5.41) is 2.80. The molecule has 0 amide bonds. The van der Waals surface area contributed by atoms with Gasteiger partial charge in [-0.25, -0.2) is 9.36 Å². The predicted octanol–water partition coefficient (Wildman–Crippen LogP) is 5.15. The first kappa shape index (κ1) is 18.5.